The summed E-state index contributed by atoms with van der Waals surface area (Å²) in [6.45, 7) is 2.81. The molecular weight excluding hydrogens is 262 g/mol. The molecule has 19 heavy (non-hydrogen) atoms. The minimum absolute atomic E-state index is 0.0844. The monoisotopic (exact) mass is 289 g/mol. The Morgan fingerprint density at radius 3 is 2.37 bits per heavy atom. The molecule has 0 aromatic heterocycles. The van der Waals surface area contributed by atoms with Gasteiger partial charge in [-0.1, -0.05) is 32.6 Å². The van der Waals surface area contributed by atoms with Gasteiger partial charge in [0.05, 0.1) is 18.5 Å². The Bertz CT molecular complexity index is 387. The fourth-order valence-corrected chi connectivity index (χ4v) is 4.92. The summed E-state index contributed by atoms with van der Waals surface area (Å²) in [4.78, 5) is 0. The van der Waals surface area contributed by atoms with Crippen LogP contribution in [0.25, 0.3) is 0 Å². The van der Waals surface area contributed by atoms with E-state index in [2.05, 4.69) is 6.92 Å². The lowest BCUT2D eigenvalue weighted by atomic mass is 9.86. The van der Waals surface area contributed by atoms with Gasteiger partial charge in [0.2, 0.25) is 10.0 Å². The predicted octanol–water partition coefficient (Wildman–Crippen LogP) is 2.43. The SMILES string of the molecule is CC1CCCCC1OCC1(CS(N)(=O)=O)CCCC1. The molecular formula is C14H27NO3S. The van der Waals surface area contributed by atoms with E-state index in [0.29, 0.717) is 18.6 Å². The Labute approximate surface area is 117 Å². The van der Waals surface area contributed by atoms with E-state index in [9.17, 15) is 8.42 Å². The van der Waals surface area contributed by atoms with E-state index in [1.165, 1.54) is 19.3 Å². The quantitative estimate of drug-likeness (QED) is 0.845. The Kier molecular flexibility index (Phi) is 4.90. The van der Waals surface area contributed by atoms with Gasteiger partial charge >= 0.3 is 0 Å². The summed E-state index contributed by atoms with van der Waals surface area (Å²) in [5.41, 5.74) is -0.218. The summed E-state index contributed by atoms with van der Waals surface area (Å²) in [5.74, 6) is 0.683. The molecule has 2 rings (SSSR count). The van der Waals surface area contributed by atoms with E-state index >= 15 is 0 Å². The summed E-state index contributed by atoms with van der Waals surface area (Å²) >= 11 is 0. The maximum absolute atomic E-state index is 11.4. The van der Waals surface area contributed by atoms with Crippen LogP contribution in [0, 0.1) is 11.3 Å². The molecule has 2 atom stereocenters. The van der Waals surface area contributed by atoms with Crippen molar-refractivity contribution in [3.05, 3.63) is 0 Å². The maximum atomic E-state index is 11.4. The molecule has 0 radical (unpaired) electrons. The summed E-state index contributed by atoms with van der Waals surface area (Å²) in [5, 5.41) is 5.25. The molecule has 0 saturated heterocycles. The standard InChI is InChI=1S/C14H27NO3S/c1-12-6-2-3-7-13(12)18-10-14(8-4-5-9-14)11-19(15,16)17/h12-13H,2-11H2,1H3,(H2,15,16,17). The van der Waals surface area contributed by atoms with Gasteiger partial charge in [0.1, 0.15) is 0 Å². The number of hydrogen-bond donors (Lipinski definition) is 1. The van der Waals surface area contributed by atoms with Crippen LogP contribution < -0.4 is 5.14 Å². The first kappa shape index (κ1) is 15.3. The van der Waals surface area contributed by atoms with Gasteiger partial charge in [0.25, 0.3) is 0 Å². The van der Waals surface area contributed by atoms with E-state index < -0.39 is 10.0 Å². The molecule has 0 aliphatic heterocycles. The summed E-state index contributed by atoms with van der Waals surface area (Å²) in [6.07, 6.45) is 9.25. The minimum Gasteiger partial charge on any atom is -0.377 e. The van der Waals surface area contributed by atoms with Gasteiger partial charge in [0, 0.05) is 5.41 Å². The highest BCUT2D eigenvalue weighted by Gasteiger charge is 2.38. The zero-order chi connectivity index (χ0) is 13.9. The van der Waals surface area contributed by atoms with Crippen LogP contribution in [0.4, 0.5) is 0 Å². The zero-order valence-electron chi connectivity index (χ0n) is 11.9. The fraction of sp³-hybridized carbons (Fsp3) is 1.00. The highest BCUT2D eigenvalue weighted by atomic mass is 32.2. The van der Waals surface area contributed by atoms with Gasteiger partial charge in [-0.05, 0) is 31.6 Å². The highest BCUT2D eigenvalue weighted by Crippen LogP contribution is 2.40. The lowest BCUT2D eigenvalue weighted by Gasteiger charge is -2.34. The zero-order valence-corrected chi connectivity index (χ0v) is 12.8. The molecule has 2 saturated carbocycles. The van der Waals surface area contributed by atoms with E-state index in [0.717, 1.165) is 32.1 Å². The van der Waals surface area contributed by atoms with E-state index in [1.807, 2.05) is 0 Å². The van der Waals surface area contributed by atoms with Crippen molar-refractivity contribution in [3.8, 4) is 0 Å². The smallest absolute Gasteiger partial charge is 0.209 e. The van der Waals surface area contributed by atoms with Crippen LogP contribution >= 0.6 is 0 Å². The van der Waals surface area contributed by atoms with Crippen LogP contribution in [0.3, 0.4) is 0 Å². The maximum Gasteiger partial charge on any atom is 0.209 e. The van der Waals surface area contributed by atoms with Crippen molar-refractivity contribution in [1.29, 1.82) is 0 Å². The lowest BCUT2D eigenvalue weighted by Crippen LogP contribution is -2.38. The second-order valence-electron chi connectivity index (χ2n) is 6.63. The van der Waals surface area contributed by atoms with Crippen LogP contribution in [0.5, 0.6) is 0 Å². The molecule has 4 nitrogen and oxygen atoms in total. The van der Waals surface area contributed by atoms with Crippen LogP contribution in [0.15, 0.2) is 0 Å². The molecule has 0 heterocycles. The normalized spacial score (nSPS) is 31.5. The van der Waals surface area contributed by atoms with Crippen molar-refractivity contribution in [2.75, 3.05) is 12.4 Å². The van der Waals surface area contributed by atoms with Gasteiger partial charge in [-0.15, -0.1) is 0 Å². The average molecular weight is 289 g/mol. The number of hydrogen-bond acceptors (Lipinski definition) is 3. The summed E-state index contributed by atoms with van der Waals surface area (Å²) in [6, 6.07) is 0. The van der Waals surface area contributed by atoms with Crippen molar-refractivity contribution in [2.45, 2.75) is 64.4 Å². The van der Waals surface area contributed by atoms with Crippen molar-refractivity contribution < 1.29 is 13.2 Å². The topological polar surface area (TPSA) is 69.4 Å². The summed E-state index contributed by atoms with van der Waals surface area (Å²) in [7, 11) is -3.41. The Hall–Kier alpha value is -0.130. The third-order valence-electron chi connectivity index (χ3n) is 4.81. The Morgan fingerprint density at radius 2 is 1.79 bits per heavy atom. The number of primary sulfonamides is 1. The molecule has 112 valence electrons. The van der Waals surface area contributed by atoms with Crippen molar-refractivity contribution in [3.63, 3.8) is 0 Å². The van der Waals surface area contributed by atoms with Crippen LogP contribution in [-0.2, 0) is 14.8 Å². The first-order chi connectivity index (χ1) is 8.90. The van der Waals surface area contributed by atoms with Crippen molar-refractivity contribution in [1.82, 2.24) is 0 Å². The minimum atomic E-state index is -3.41. The van der Waals surface area contributed by atoms with Gasteiger partial charge in [-0.25, -0.2) is 13.6 Å². The lowest BCUT2D eigenvalue weighted by molar-refractivity contribution is -0.0422. The van der Waals surface area contributed by atoms with Crippen molar-refractivity contribution >= 4 is 10.0 Å². The first-order valence-electron chi connectivity index (χ1n) is 7.52. The fourth-order valence-electron chi connectivity index (χ4n) is 3.70. The van der Waals surface area contributed by atoms with Gasteiger partial charge in [0.15, 0.2) is 0 Å². The van der Waals surface area contributed by atoms with Gasteiger partial charge < -0.3 is 4.74 Å². The number of ether oxygens (including phenoxy) is 1. The second kappa shape index (κ2) is 6.10. The molecule has 2 aliphatic rings. The molecule has 0 spiro atoms. The van der Waals surface area contributed by atoms with Crippen LogP contribution in [-0.4, -0.2) is 26.9 Å². The highest BCUT2D eigenvalue weighted by molar-refractivity contribution is 7.89. The predicted molar refractivity (Wildman–Crippen MR) is 76.2 cm³/mol. The Morgan fingerprint density at radius 1 is 1.16 bits per heavy atom. The van der Waals surface area contributed by atoms with Crippen LogP contribution in [0.2, 0.25) is 0 Å². The molecule has 2 unspecified atom stereocenters. The molecule has 2 aliphatic carbocycles. The van der Waals surface area contributed by atoms with Gasteiger partial charge in [-0.3, -0.25) is 0 Å². The molecule has 2 N–H and O–H groups in total. The molecule has 2 fully saturated rings. The van der Waals surface area contributed by atoms with Crippen molar-refractivity contribution in [2.24, 2.45) is 16.5 Å². The van der Waals surface area contributed by atoms with E-state index in [-0.39, 0.29) is 11.2 Å². The van der Waals surface area contributed by atoms with Crippen LogP contribution in [0.1, 0.15) is 58.3 Å². The average Bonchev–Trinajstić information content (AvgIpc) is 2.74. The largest absolute Gasteiger partial charge is 0.377 e. The molecule has 5 heteroatoms. The van der Waals surface area contributed by atoms with E-state index in [4.69, 9.17) is 9.88 Å². The Balaban J connectivity index is 1.93. The third-order valence-corrected chi connectivity index (χ3v) is 5.82. The second-order valence-corrected chi connectivity index (χ2v) is 8.24. The summed E-state index contributed by atoms with van der Waals surface area (Å²) < 4.78 is 29.0. The van der Waals surface area contributed by atoms with Gasteiger partial charge in [-0.2, -0.15) is 0 Å². The molecule has 0 amide bonds. The number of rotatable bonds is 5. The first-order valence-corrected chi connectivity index (χ1v) is 9.24. The number of nitrogens with two attached hydrogens (primary N) is 1. The number of sulfonamides is 1. The third kappa shape index (κ3) is 4.43. The molecule has 0 aromatic rings. The molecule has 0 bridgehead atoms. The van der Waals surface area contributed by atoms with E-state index in [1.54, 1.807) is 0 Å². The molecule has 0 aromatic carbocycles.